The second kappa shape index (κ2) is 5.21. The van der Waals surface area contributed by atoms with E-state index in [2.05, 4.69) is 44.0 Å². The van der Waals surface area contributed by atoms with Crippen molar-refractivity contribution in [1.29, 1.82) is 0 Å². The first-order chi connectivity index (χ1) is 7.02. The van der Waals surface area contributed by atoms with Crippen molar-refractivity contribution in [3.63, 3.8) is 0 Å². The lowest BCUT2D eigenvalue weighted by molar-refractivity contribution is 0.557. The second-order valence-corrected chi connectivity index (χ2v) is 4.88. The molecular weight excluding hydrogens is 208 g/mol. The van der Waals surface area contributed by atoms with Crippen molar-refractivity contribution >= 4 is 17.7 Å². The molecule has 0 aliphatic carbocycles. The molecule has 0 radical (unpaired) electrons. The van der Waals surface area contributed by atoms with Gasteiger partial charge in [0.25, 0.3) is 0 Å². The van der Waals surface area contributed by atoms with Gasteiger partial charge in [-0.3, -0.25) is 4.57 Å². The number of thioether (sulfide) groups is 1. The Labute approximate surface area is 95.0 Å². The van der Waals surface area contributed by atoms with Gasteiger partial charge < -0.3 is 5.73 Å². The van der Waals surface area contributed by atoms with Gasteiger partial charge in [-0.2, -0.15) is 0 Å². The Kier molecular flexibility index (Phi) is 4.20. The van der Waals surface area contributed by atoms with Crippen LogP contribution in [0.1, 0.15) is 33.7 Å². The lowest BCUT2D eigenvalue weighted by Crippen LogP contribution is -2.06. The van der Waals surface area contributed by atoms with Crippen molar-refractivity contribution in [2.75, 3.05) is 11.5 Å². The number of allylic oxidation sites excluding steroid dienone is 1. The molecule has 2 N–H and O–H groups in total. The third-order valence-corrected chi connectivity index (χ3v) is 2.78. The number of nitrogen functional groups attached to an aromatic ring is 1. The lowest BCUT2D eigenvalue weighted by atomic mass is 10.3. The SMILES string of the molecule is CC(C)=CCSc1nnc(N)n1C(C)C. The maximum Gasteiger partial charge on any atom is 0.222 e. The number of anilines is 1. The van der Waals surface area contributed by atoms with Gasteiger partial charge in [-0.25, -0.2) is 0 Å². The molecule has 0 unspecified atom stereocenters. The van der Waals surface area contributed by atoms with Gasteiger partial charge in [0.05, 0.1) is 0 Å². The van der Waals surface area contributed by atoms with E-state index in [1.54, 1.807) is 11.8 Å². The third-order valence-electron chi connectivity index (χ3n) is 1.91. The van der Waals surface area contributed by atoms with Crippen LogP contribution >= 0.6 is 11.8 Å². The average molecular weight is 226 g/mol. The Morgan fingerprint density at radius 3 is 2.67 bits per heavy atom. The minimum Gasteiger partial charge on any atom is -0.368 e. The molecule has 0 saturated carbocycles. The van der Waals surface area contributed by atoms with Crippen molar-refractivity contribution in [1.82, 2.24) is 14.8 Å². The Hall–Kier alpha value is -0.970. The largest absolute Gasteiger partial charge is 0.368 e. The van der Waals surface area contributed by atoms with Crippen LogP contribution in [0.15, 0.2) is 16.8 Å². The lowest BCUT2D eigenvalue weighted by Gasteiger charge is -2.10. The molecular formula is C10H18N4S. The number of hydrogen-bond acceptors (Lipinski definition) is 4. The first-order valence-electron chi connectivity index (χ1n) is 4.99. The number of nitrogens with zero attached hydrogens (tertiary/aromatic N) is 3. The van der Waals surface area contributed by atoms with Crippen LogP contribution in [0.2, 0.25) is 0 Å². The zero-order chi connectivity index (χ0) is 11.4. The summed E-state index contributed by atoms with van der Waals surface area (Å²) in [5, 5.41) is 8.83. The Bertz CT molecular complexity index is 350. The van der Waals surface area contributed by atoms with E-state index in [0.29, 0.717) is 12.0 Å². The summed E-state index contributed by atoms with van der Waals surface area (Å²) in [4.78, 5) is 0. The highest BCUT2D eigenvalue weighted by Crippen LogP contribution is 2.22. The molecule has 0 atom stereocenters. The fraction of sp³-hybridized carbons (Fsp3) is 0.600. The summed E-state index contributed by atoms with van der Waals surface area (Å²) >= 11 is 1.66. The van der Waals surface area contributed by atoms with Crippen molar-refractivity contribution in [2.24, 2.45) is 0 Å². The van der Waals surface area contributed by atoms with E-state index in [-0.39, 0.29) is 0 Å². The third kappa shape index (κ3) is 3.27. The molecule has 0 aliphatic rings. The monoisotopic (exact) mass is 226 g/mol. The molecule has 15 heavy (non-hydrogen) atoms. The summed E-state index contributed by atoms with van der Waals surface area (Å²) in [5.74, 6) is 1.40. The maximum absolute atomic E-state index is 5.73. The van der Waals surface area contributed by atoms with Crippen molar-refractivity contribution < 1.29 is 0 Å². The Balaban J connectivity index is 2.73. The molecule has 1 aromatic heterocycles. The minimum atomic E-state index is 0.300. The van der Waals surface area contributed by atoms with Gasteiger partial charge in [0, 0.05) is 11.8 Å². The van der Waals surface area contributed by atoms with E-state index >= 15 is 0 Å². The number of aromatic nitrogens is 3. The molecule has 1 heterocycles. The highest BCUT2D eigenvalue weighted by Gasteiger charge is 2.11. The zero-order valence-corrected chi connectivity index (χ0v) is 10.5. The maximum atomic E-state index is 5.73. The average Bonchev–Trinajstić information content (AvgIpc) is 2.46. The van der Waals surface area contributed by atoms with E-state index in [9.17, 15) is 0 Å². The molecule has 0 amide bonds. The molecule has 1 aromatic rings. The Morgan fingerprint density at radius 2 is 2.13 bits per heavy atom. The predicted molar refractivity (Wildman–Crippen MR) is 65.0 cm³/mol. The van der Waals surface area contributed by atoms with Crippen LogP contribution in [0.5, 0.6) is 0 Å². The van der Waals surface area contributed by atoms with Gasteiger partial charge in [-0.1, -0.05) is 23.4 Å². The summed E-state index contributed by atoms with van der Waals surface area (Å²) < 4.78 is 1.95. The molecule has 0 aromatic carbocycles. The van der Waals surface area contributed by atoms with Gasteiger partial charge in [-0.05, 0) is 27.7 Å². The quantitative estimate of drug-likeness (QED) is 0.633. The van der Waals surface area contributed by atoms with Crippen LogP contribution in [0.3, 0.4) is 0 Å². The van der Waals surface area contributed by atoms with Crippen molar-refractivity contribution in [2.45, 2.75) is 38.9 Å². The fourth-order valence-corrected chi connectivity index (χ4v) is 2.26. The molecule has 0 bridgehead atoms. The second-order valence-electron chi connectivity index (χ2n) is 3.90. The number of rotatable bonds is 4. The van der Waals surface area contributed by atoms with Crippen LogP contribution in [0, 0.1) is 0 Å². The molecule has 0 spiro atoms. The van der Waals surface area contributed by atoms with Gasteiger partial charge in [-0.15, -0.1) is 10.2 Å². The molecule has 0 saturated heterocycles. The normalized spacial score (nSPS) is 10.7. The number of nitrogens with two attached hydrogens (primary N) is 1. The molecule has 0 aliphatic heterocycles. The molecule has 1 rings (SSSR count). The van der Waals surface area contributed by atoms with Crippen LogP contribution in [-0.2, 0) is 0 Å². The van der Waals surface area contributed by atoms with Gasteiger partial charge >= 0.3 is 0 Å². The molecule has 5 heteroatoms. The van der Waals surface area contributed by atoms with E-state index in [1.165, 1.54) is 5.57 Å². The van der Waals surface area contributed by atoms with E-state index < -0.39 is 0 Å². The summed E-state index contributed by atoms with van der Waals surface area (Å²) in [6, 6.07) is 0.300. The topological polar surface area (TPSA) is 56.7 Å². The Morgan fingerprint density at radius 1 is 1.47 bits per heavy atom. The van der Waals surface area contributed by atoms with E-state index in [0.717, 1.165) is 10.9 Å². The molecule has 4 nitrogen and oxygen atoms in total. The van der Waals surface area contributed by atoms with Crippen molar-refractivity contribution in [3.8, 4) is 0 Å². The summed E-state index contributed by atoms with van der Waals surface area (Å²) in [7, 11) is 0. The standard InChI is InChI=1S/C10H18N4S/c1-7(2)5-6-15-10-13-12-9(11)14(10)8(3)4/h5,8H,6H2,1-4H3,(H2,11,12). The van der Waals surface area contributed by atoms with E-state index in [1.807, 2.05) is 4.57 Å². The van der Waals surface area contributed by atoms with Crippen LogP contribution in [0.25, 0.3) is 0 Å². The van der Waals surface area contributed by atoms with Crippen LogP contribution in [-0.4, -0.2) is 20.5 Å². The summed E-state index contributed by atoms with van der Waals surface area (Å²) in [6.07, 6.45) is 2.17. The van der Waals surface area contributed by atoms with Crippen LogP contribution in [0.4, 0.5) is 5.95 Å². The minimum absolute atomic E-state index is 0.300. The summed E-state index contributed by atoms with van der Waals surface area (Å²) in [5.41, 5.74) is 7.05. The van der Waals surface area contributed by atoms with Crippen LogP contribution < -0.4 is 5.73 Å². The predicted octanol–water partition coefficient (Wildman–Crippen LogP) is 2.50. The highest BCUT2D eigenvalue weighted by molar-refractivity contribution is 7.99. The highest BCUT2D eigenvalue weighted by atomic mass is 32.2. The van der Waals surface area contributed by atoms with Gasteiger partial charge in [0.1, 0.15) is 0 Å². The van der Waals surface area contributed by atoms with E-state index in [4.69, 9.17) is 5.73 Å². The molecule has 84 valence electrons. The van der Waals surface area contributed by atoms with Gasteiger partial charge in [0.2, 0.25) is 5.95 Å². The van der Waals surface area contributed by atoms with Crippen molar-refractivity contribution in [3.05, 3.63) is 11.6 Å². The first-order valence-corrected chi connectivity index (χ1v) is 5.97. The van der Waals surface area contributed by atoms with Gasteiger partial charge in [0.15, 0.2) is 5.16 Å². The molecule has 0 fully saturated rings. The summed E-state index contributed by atoms with van der Waals surface area (Å²) in [6.45, 7) is 8.32. The fourth-order valence-electron chi connectivity index (χ4n) is 1.16. The first kappa shape index (κ1) is 12.1. The number of hydrogen-bond donors (Lipinski definition) is 1. The smallest absolute Gasteiger partial charge is 0.222 e. The zero-order valence-electron chi connectivity index (χ0n) is 9.69.